The van der Waals surface area contributed by atoms with Gasteiger partial charge in [-0.05, 0) is 68.1 Å². The van der Waals surface area contributed by atoms with Crippen LogP contribution in [-0.4, -0.2) is 0 Å². The zero-order chi connectivity index (χ0) is 13.8. The van der Waals surface area contributed by atoms with Gasteiger partial charge in [0.15, 0.2) is 0 Å². The summed E-state index contributed by atoms with van der Waals surface area (Å²) in [5, 5.41) is 4.29. The molecule has 1 unspecified atom stereocenters. The highest BCUT2D eigenvalue weighted by molar-refractivity contribution is 9.13. The third kappa shape index (κ3) is 4.06. The van der Waals surface area contributed by atoms with Gasteiger partial charge in [-0.3, -0.25) is 0 Å². The van der Waals surface area contributed by atoms with Crippen LogP contribution in [0.25, 0.3) is 0 Å². The fraction of sp³-hybridized carbons (Fsp3) is 0.200. The minimum Gasteiger partial charge on any atom is -0.306 e. The van der Waals surface area contributed by atoms with Crippen LogP contribution < -0.4 is 5.32 Å². The van der Waals surface area contributed by atoms with Gasteiger partial charge in [-0.1, -0.05) is 35.9 Å². The summed E-state index contributed by atoms with van der Waals surface area (Å²) in [6.45, 7) is 2.92. The van der Waals surface area contributed by atoms with Gasteiger partial charge in [0.05, 0.1) is 0 Å². The second-order valence-electron chi connectivity index (χ2n) is 4.37. The molecule has 0 radical (unpaired) electrons. The molecule has 0 fully saturated rings. The maximum atomic E-state index is 6.19. The SMILES string of the molecule is CC(NCc1ccc(Br)c(Br)c1)c1ccccc1Cl. The first-order valence-electron chi connectivity index (χ1n) is 5.99. The van der Waals surface area contributed by atoms with E-state index in [0.29, 0.717) is 0 Å². The number of halogens is 3. The molecule has 0 aliphatic rings. The van der Waals surface area contributed by atoms with Crippen molar-refractivity contribution >= 4 is 43.5 Å². The molecule has 2 aromatic rings. The first kappa shape index (κ1) is 15.0. The number of hydrogen-bond donors (Lipinski definition) is 1. The Hall–Kier alpha value is -0.350. The fourth-order valence-electron chi connectivity index (χ4n) is 1.86. The zero-order valence-corrected chi connectivity index (χ0v) is 14.4. The second kappa shape index (κ2) is 6.89. The van der Waals surface area contributed by atoms with Crippen LogP contribution in [0.1, 0.15) is 24.1 Å². The van der Waals surface area contributed by atoms with Gasteiger partial charge in [0.25, 0.3) is 0 Å². The van der Waals surface area contributed by atoms with E-state index in [0.717, 1.165) is 26.1 Å². The molecule has 0 bridgehead atoms. The highest BCUT2D eigenvalue weighted by Crippen LogP contribution is 2.25. The summed E-state index contributed by atoms with van der Waals surface area (Å²) in [5.74, 6) is 0. The molecule has 2 aromatic carbocycles. The smallest absolute Gasteiger partial charge is 0.0453 e. The quantitative estimate of drug-likeness (QED) is 0.689. The van der Waals surface area contributed by atoms with E-state index in [1.165, 1.54) is 5.56 Å². The average molecular weight is 404 g/mol. The molecular weight excluding hydrogens is 389 g/mol. The third-order valence-electron chi connectivity index (χ3n) is 2.97. The second-order valence-corrected chi connectivity index (χ2v) is 6.49. The van der Waals surface area contributed by atoms with Crippen LogP contribution in [0.2, 0.25) is 5.02 Å². The molecule has 0 aliphatic carbocycles. The van der Waals surface area contributed by atoms with Crippen molar-refractivity contribution in [2.75, 3.05) is 0 Å². The van der Waals surface area contributed by atoms with E-state index in [9.17, 15) is 0 Å². The third-order valence-corrected chi connectivity index (χ3v) is 5.19. The van der Waals surface area contributed by atoms with Gasteiger partial charge < -0.3 is 5.32 Å². The van der Waals surface area contributed by atoms with Crippen molar-refractivity contribution < 1.29 is 0 Å². The van der Waals surface area contributed by atoms with Gasteiger partial charge >= 0.3 is 0 Å². The van der Waals surface area contributed by atoms with Gasteiger partial charge in [-0.2, -0.15) is 0 Å². The van der Waals surface area contributed by atoms with Crippen LogP contribution in [0.15, 0.2) is 51.4 Å². The van der Waals surface area contributed by atoms with Crippen LogP contribution >= 0.6 is 43.5 Å². The molecule has 1 atom stereocenters. The van der Waals surface area contributed by atoms with Crippen LogP contribution in [0.5, 0.6) is 0 Å². The van der Waals surface area contributed by atoms with Crippen molar-refractivity contribution in [2.45, 2.75) is 19.5 Å². The maximum Gasteiger partial charge on any atom is 0.0453 e. The number of hydrogen-bond acceptors (Lipinski definition) is 1. The van der Waals surface area contributed by atoms with Crippen LogP contribution in [0, 0.1) is 0 Å². The molecule has 0 amide bonds. The number of nitrogens with one attached hydrogen (secondary N) is 1. The van der Waals surface area contributed by atoms with E-state index in [1.807, 2.05) is 24.3 Å². The van der Waals surface area contributed by atoms with E-state index < -0.39 is 0 Å². The predicted molar refractivity (Wildman–Crippen MR) is 88.5 cm³/mol. The molecule has 1 N–H and O–H groups in total. The van der Waals surface area contributed by atoms with Gasteiger partial charge in [0.1, 0.15) is 0 Å². The number of rotatable bonds is 4. The fourth-order valence-corrected chi connectivity index (χ4v) is 2.83. The Morgan fingerprint density at radius 1 is 1.11 bits per heavy atom. The van der Waals surface area contributed by atoms with E-state index in [1.54, 1.807) is 0 Å². The monoisotopic (exact) mass is 401 g/mol. The molecule has 1 nitrogen and oxygen atoms in total. The topological polar surface area (TPSA) is 12.0 Å². The molecule has 0 saturated heterocycles. The van der Waals surface area contributed by atoms with Gasteiger partial charge in [-0.15, -0.1) is 0 Å². The summed E-state index contributed by atoms with van der Waals surface area (Å²) in [6.07, 6.45) is 0. The first-order chi connectivity index (χ1) is 9.08. The molecule has 0 aliphatic heterocycles. The highest BCUT2D eigenvalue weighted by Gasteiger charge is 2.08. The molecule has 0 spiro atoms. The predicted octanol–water partition coefficient (Wildman–Crippen LogP) is 5.72. The van der Waals surface area contributed by atoms with Crippen molar-refractivity contribution in [3.05, 3.63) is 67.6 Å². The lowest BCUT2D eigenvalue weighted by Crippen LogP contribution is -2.18. The number of benzene rings is 2. The molecule has 0 aromatic heterocycles. The molecule has 0 heterocycles. The summed E-state index contributed by atoms with van der Waals surface area (Å²) in [5.41, 5.74) is 2.36. The van der Waals surface area contributed by atoms with Crippen molar-refractivity contribution in [1.29, 1.82) is 0 Å². The highest BCUT2D eigenvalue weighted by atomic mass is 79.9. The van der Waals surface area contributed by atoms with Crippen molar-refractivity contribution in [3.63, 3.8) is 0 Å². The van der Waals surface area contributed by atoms with E-state index >= 15 is 0 Å². The van der Waals surface area contributed by atoms with Gasteiger partial charge in [-0.25, -0.2) is 0 Å². The Balaban J connectivity index is 2.02. The molecule has 100 valence electrons. The van der Waals surface area contributed by atoms with Crippen LogP contribution in [0.3, 0.4) is 0 Å². The molecular formula is C15H14Br2ClN. The van der Waals surface area contributed by atoms with E-state index in [4.69, 9.17) is 11.6 Å². The largest absolute Gasteiger partial charge is 0.306 e. The lowest BCUT2D eigenvalue weighted by molar-refractivity contribution is 0.575. The molecule has 0 saturated carbocycles. The average Bonchev–Trinajstić information content (AvgIpc) is 2.40. The Kier molecular flexibility index (Phi) is 5.46. The van der Waals surface area contributed by atoms with Crippen LogP contribution in [0.4, 0.5) is 0 Å². The normalized spacial score (nSPS) is 12.4. The Morgan fingerprint density at radius 3 is 2.53 bits per heavy atom. The van der Waals surface area contributed by atoms with E-state index in [-0.39, 0.29) is 6.04 Å². The Bertz CT molecular complexity index is 572. The minimum atomic E-state index is 0.219. The van der Waals surface area contributed by atoms with Gasteiger partial charge in [0.2, 0.25) is 0 Å². The van der Waals surface area contributed by atoms with Crippen molar-refractivity contribution in [2.24, 2.45) is 0 Å². The van der Waals surface area contributed by atoms with Gasteiger partial charge in [0, 0.05) is 26.6 Å². The minimum absolute atomic E-state index is 0.219. The summed E-state index contributed by atoms with van der Waals surface area (Å²) < 4.78 is 2.13. The van der Waals surface area contributed by atoms with Crippen LogP contribution in [-0.2, 0) is 6.54 Å². The maximum absolute atomic E-state index is 6.19. The first-order valence-corrected chi connectivity index (χ1v) is 7.96. The summed E-state index contributed by atoms with van der Waals surface area (Å²) >= 11 is 13.2. The summed E-state index contributed by atoms with van der Waals surface area (Å²) in [4.78, 5) is 0. The Morgan fingerprint density at radius 2 is 1.84 bits per heavy atom. The standard InChI is InChI=1S/C15H14Br2ClN/c1-10(12-4-2-3-5-15(12)18)19-9-11-6-7-13(16)14(17)8-11/h2-8,10,19H,9H2,1H3. The lowest BCUT2D eigenvalue weighted by atomic mass is 10.1. The molecule has 2 rings (SSSR count). The Labute approximate surface area is 135 Å². The molecule has 4 heteroatoms. The zero-order valence-electron chi connectivity index (χ0n) is 10.5. The molecule has 19 heavy (non-hydrogen) atoms. The summed E-state index contributed by atoms with van der Waals surface area (Å²) in [7, 11) is 0. The van der Waals surface area contributed by atoms with Crippen molar-refractivity contribution in [3.8, 4) is 0 Å². The lowest BCUT2D eigenvalue weighted by Gasteiger charge is -2.16. The summed E-state index contributed by atoms with van der Waals surface area (Å²) in [6, 6.07) is 14.4. The van der Waals surface area contributed by atoms with E-state index in [2.05, 4.69) is 62.3 Å². The van der Waals surface area contributed by atoms with Crippen molar-refractivity contribution in [1.82, 2.24) is 5.32 Å².